The molecule has 33 heavy (non-hydrogen) atoms. The number of sulfonamides is 1. The van der Waals surface area contributed by atoms with Crippen molar-refractivity contribution in [3.63, 3.8) is 0 Å². The lowest BCUT2D eigenvalue weighted by atomic mass is 9.94. The second-order valence-electron chi connectivity index (χ2n) is 7.73. The molecule has 0 aliphatic carbocycles. The minimum atomic E-state index is -3.78. The third-order valence-corrected chi connectivity index (χ3v) is 8.49. The average molecular weight is 542 g/mol. The molecular weight excluding hydrogens is 521 g/mol. The van der Waals surface area contributed by atoms with E-state index >= 15 is 0 Å². The van der Waals surface area contributed by atoms with Gasteiger partial charge in [0, 0.05) is 36.6 Å². The largest absolute Gasteiger partial charge is 0.357 e. The summed E-state index contributed by atoms with van der Waals surface area (Å²) in [5, 5.41) is 9.14. The van der Waals surface area contributed by atoms with Gasteiger partial charge in [0.25, 0.3) is 0 Å². The number of nitrogens with zero attached hydrogens (tertiary/aromatic N) is 3. The fraction of sp³-hybridized carbons (Fsp3) is 0.400. The molecule has 1 fully saturated rings. The molecule has 2 amide bonds. The zero-order valence-corrected chi connectivity index (χ0v) is 19.9. The molecule has 0 saturated carbocycles. The van der Waals surface area contributed by atoms with E-state index in [1.807, 2.05) is 0 Å². The molecule has 2 aliphatic rings. The molecule has 0 bridgehead atoms. The van der Waals surface area contributed by atoms with Crippen molar-refractivity contribution in [3.05, 3.63) is 46.0 Å². The number of halogens is 2. The van der Waals surface area contributed by atoms with Crippen LogP contribution in [0.1, 0.15) is 36.6 Å². The molecule has 1 aromatic heterocycles. The lowest BCUT2D eigenvalue weighted by Crippen LogP contribution is -2.44. The monoisotopic (exact) mass is 541 g/mol. The summed E-state index contributed by atoms with van der Waals surface area (Å²) < 4.78 is 46.2. The van der Waals surface area contributed by atoms with Crippen LogP contribution in [0.4, 0.5) is 4.39 Å². The first kappa shape index (κ1) is 23.5. The number of piperidine rings is 1. The molecule has 2 aromatic rings. The van der Waals surface area contributed by atoms with Crippen LogP contribution in [-0.4, -0.2) is 61.7 Å². The second kappa shape index (κ2) is 9.31. The number of likely N-dealkylation sites (N-methyl/N-ethyl adjacent to an activating group) is 1. The molecule has 176 valence electrons. The maximum atomic E-state index is 13.3. The van der Waals surface area contributed by atoms with Crippen LogP contribution in [0.3, 0.4) is 0 Å². The van der Waals surface area contributed by atoms with Crippen LogP contribution < -0.4 is 10.6 Å². The number of amidine groups is 1. The van der Waals surface area contributed by atoms with E-state index in [2.05, 4.69) is 36.7 Å². The van der Waals surface area contributed by atoms with Crippen LogP contribution in [0.15, 0.2) is 43.1 Å². The Morgan fingerprint density at radius 2 is 2.03 bits per heavy atom. The van der Waals surface area contributed by atoms with Gasteiger partial charge in [-0.1, -0.05) is 5.16 Å². The number of hydrogen-bond acceptors (Lipinski definition) is 7. The van der Waals surface area contributed by atoms with Gasteiger partial charge in [0.05, 0.1) is 17.0 Å². The van der Waals surface area contributed by atoms with Crippen LogP contribution in [0.2, 0.25) is 0 Å². The molecule has 1 atom stereocenters. The van der Waals surface area contributed by atoms with Crippen molar-refractivity contribution < 1.29 is 26.9 Å². The van der Waals surface area contributed by atoms with Crippen LogP contribution in [0.25, 0.3) is 0 Å². The SMILES string of the molecule is CNC(=O)C1CC(=O)NC(c2cc(C3CCN(S(=O)(=O)c4ccc(F)cc4Br)CC3)no2)=N1. The third-order valence-electron chi connectivity index (χ3n) is 5.62. The Morgan fingerprint density at radius 3 is 2.70 bits per heavy atom. The van der Waals surface area contributed by atoms with Gasteiger partial charge in [0.2, 0.25) is 27.6 Å². The normalized spacial score (nSPS) is 20.3. The van der Waals surface area contributed by atoms with Crippen molar-refractivity contribution in [2.75, 3.05) is 20.1 Å². The summed E-state index contributed by atoms with van der Waals surface area (Å²) in [6.45, 7) is 0.519. The first-order valence-corrected chi connectivity index (χ1v) is 12.4. The highest BCUT2D eigenvalue weighted by Crippen LogP contribution is 2.32. The summed E-state index contributed by atoms with van der Waals surface area (Å²) >= 11 is 3.13. The molecule has 0 spiro atoms. The van der Waals surface area contributed by atoms with Crippen LogP contribution in [0, 0.1) is 5.82 Å². The molecule has 3 heterocycles. The van der Waals surface area contributed by atoms with E-state index in [1.165, 1.54) is 17.4 Å². The van der Waals surface area contributed by atoms with Crippen molar-refractivity contribution in [1.29, 1.82) is 0 Å². The van der Waals surface area contributed by atoms with Gasteiger partial charge < -0.3 is 15.2 Å². The van der Waals surface area contributed by atoms with E-state index in [-0.39, 0.29) is 58.2 Å². The summed E-state index contributed by atoms with van der Waals surface area (Å²) in [6.07, 6.45) is 0.953. The van der Waals surface area contributed by atoms with Gasteiger partial charge in [-0.15, -0.1) is 0 Å². The highest BCUT2D eigenvalue weighted by molar-refractivity contribution is 9.10. The second-order valence-corrected chi connectivity index (χ2v) is 10.5. The molecule has 2 N–H and O–H groups in total. The molecule has 2 aliphatic heterocycles. The maximum Gasteiger partial charge on any atom is 0.245 e. The summed E-state index contributed by atoms with van der Waals surface area (Å²) in [4.78, 5) is 28.1. The zero-order valence-electron chi connectivity index (χ0n) is 17.5. The molecule has 4 rings (SSSR count). The van der Waals surface area contributed by atoms with Crippen molar-refractivity contribution >= 4 is 43.6 Å². The minimum absolute atomic E-state index is 0.0165. The van der Waals surface area contributed by atoms with Gasteiger partial charge in [-0.05, 0) is 47.0 Å². The Labute approximate surface area is 197 Å². The third kappa shape index (κ3) is 4.84. The number of rotatable bonds is 5. The van der Waals surface area contributed by atoms with Crippen molar-refractivity contribution in [1.82, 2.24) is 20.1 Å². The average Bonchev–Trinajstić information content (AvgIpc) is 3.28. The van der Waals surface area contributed by atoms with E-state index in [0.29, 0.717) is 18.5 Å². The summed E-state index contributed by atoms with van der Waals surface area (Å²) in [6, 6.07) is 4.29. The van der Waals surface area contributed by atoms with Crippen LogP contribution in [-0.2, 0) is 19.6 Å². The first-order valence-electron chi connectivity index (χ1n) is 10.2. The molecule has 1 saturated heterocycles. The van der Waals surface area contributed by atoms with Gasteiger partial charge in [-0.25, -0.2) is 12.8 Å². The topological polar surface area (TPSA) is 134 Å². The van der Waals surface area contributed by atoms with Crippen molar-refractivity contribution in [2.45, 2.75) is 36.1 Å². The summed E-state index contributed by atoms with van der Waals surface area (Å²) in [5.41, 5.74) is 0.615. The molecule has 0 radical (unpaired) electrons. The summed E-state index contributed by atoms with van der Waals surface area (Å²) in [5.74, 6) is -0.931. The number of amides is 2. The predicted octanol–water partition coefficient (Wildman–Crippen LogP) is 1.53. The Bertz CT molecular complexity index is 1220. The standard InChI is InChI=1S/C20H21BrFN5O5S/c1-23-20(29)15-10-18(28)25-19(24-15)16-9-14(26-32-16)11-4-6-27(7-5-11)33(30,31)17-3-2-12(22)8-13(17)21/h2-3,8-9,11,15H,4-7,10H2,1H3,(H,23,29)(H,24,25,28). The number of benzene rings is 1. The molecule has 13 heteroatoms. The Kier molecular flexibility index (Phi) is 6.64. The van der Waals surface area contributed by atoms with Crippen molar-refractivity contribution in [2.24, 2.45) is 4.99 Å². The van der Waals surface area contributed by atoms with Gasteiger partial charge in [-0.2, -0.15) is 4.31 Å². The molecule has 1 unspecified atom stereocenters. The maximum absolute atomic E-state index is 13.3. The lowest BCUT2D eigenvalue weighted by molar-refractivity contribution is -0.127. The fourth-order valence-corrected chi connectivity index (χ4v) is 6.32. The fourth-order valence-electron chi connectivity index (χ4n) is 3.84. The number of carbonyl (C=O) groups is 2. The van der Waals surface area contributed by atoms with Gasteiger partial charge in [0.1, 0.15) is 11.9 Å². The molecule has 10 nitrogen and oxygen atoms in total. The number of aliphatic imine (C=N–C) groups is 1. The van der Waals surface area contributed by atoms with Gasteiger partial charge in [0.15, 0.2) is 5.84 Å². The van der Waals surface area contributed by atoms with E-state index in [9.17, 15) is 22.4 Å². The Balaban J connectivity index is 1.46. The number of nitrogens with one attached hydrogen (secondary N) is 2. The predicted molar refractivity (Wildman–Crippen MR) is 118 cm³/mol. The van der Waals surface area contributed by atoms with Crippen LogP contribution in [0.5, 0.6) is 0 Å². The van der Waals surface area contributed by atoms with Crippen LogP contribution >= 0.6 is 15.9 Å². The van der Waals surface area contributed by atoms with E-state index in [0.717, 1.165) is 12.1 Å². The quantitative estimate of drug-likeness (QED) is 0.589. The van der Waals surface area contributed by atoms with Gasteiger partial charge >= 0.3 is 0 Å². The highest BCUT2D eigenvalue weighted by atomic mass is 79.9. The van der Waals surface area contributed by atoms with E-state index in [4.69, 9.17) is 4.52 Å². The van der Waals surface area contributed by atoms with Gasteiger partial charge in [-0.3, -0.25) is 14.6 Å². The number of aromatic nitrogens is 1. The molecule has 1 aromatic carbocycles. The van der Waals surface area contributed by atoms with E-state index in [1.54, 1.807) is 6.07 Å². The zero-order chi connectivity index (χ0) is 23.8. The Hall–Kier alpha value is -2.64. The minimum Gasteiger partial charge on any atom is -0.357 e. The summed E-state index contributed by atoms with van der Waals surface area (Å²) in [7, 11) is -2.31. The first-order chi connectivity index (χ1) is 15.7. The van der Waals surface area contributed by atoms with Crippen molar-refractivity contribution in [3.8, 4) is 0 Å². The Morgan fingerprint density at radius 1 is 1.30 bits per heavy atom. The molecular formula is C20H21BrFN5O5S. The van der Waals surface area contributed by atoms with E-state index < -0.39 is 21.9 Å². The lowest BCUT2D eigenvalue weighted by Gasteiger charge is -2.30. The highest BCUT2D eigenvalue weighted by Gasteiger charge is 2.33. The number of carbonyl (C=O) groups excluding carboxylic acids is 2. The smallest absolute Gasteiger partial charge is 0.245 e. The number of hydrogen-bond donors (Lipinski definition) is 2.